The van der Waals surface area contributed by atoms with E-state index in [0.29, 0.717) is 0 Å². The first-order chi connectivity index (χ1) is 3.63. The van der Waals surface area contributed by atoms with Crippen molar-refractivity contribution in [2.24, 2.45) is 0 Å². The Morgan fingerprint density at radius 1 is 1.00 bits per heavy atom. The standard InChI is InChI=1S/C2H2O4S2.Na.H/c3-1(4)7-8-2(5)6;;/h(H,3,4)(H,5,6);;. The predicted octanol–water partition coefficient (Wildman–Crippen LogP) is 1.08. The fourth-order valence-corrected chi connectivity index (χ4v) is 0.642. The van der Waals surface area contributed by atoms with Crippen molar-refractivity contribution in [1.82, 2.24) is 0 Å². The van der Waals surface area contributed by atoms with E-state index in [-0.39, 0.29) is 51.1 Å². The van der Waals surface area contributed by atoms with Crippen LogP contribution in [0, 0.1) is 0 Å². The van der Waals surface area contributed by atoms with Crippen molar-refractivity contribution < 1.29 is 19.8 Å². The molecule has 0 aliphatic rings. The summed E-state index contributed by atoms with van der Waals surface area (Å²) in [5.74, 6) is 0. The van der Waals surface area contributed by atoms with Gasteiger partial charge in [-0.05, 0) is 0 Å². The predicted molar refractivity (Wildman–Crippen MR) is 38.4 cm³/mol. The normalized spacial score (nSPS) is 7.56. The van der Waals surface area contributed by atoms with E-state index in [0.717, 1.165) is 0 Å². The molecule has 0 aromatic rings. The summed E-state index contributed by atoms with van der Waals surface area (Å²) < 4.78 is 0. The molecule has 0 aliphatic carbocycles. The molecule has 0 aromatic carbocycles. The second-order valence-electron chi connectivity index (χ2n) is 0.698. The molecule has 0 heterocycles. The van der Waals surface area contributed by atoms with Crippen molar-refractivity contribution >= 4 is 61.7 Å². The molecular formula is C2H3NaO4S2. The average Bonchev–Trinajstić information content (AvgIpc) is 1.61. The van der Waals surface area contributed by atoms with Crippen molar-refractivity contribution in [3.8, 4) is 0 Å². The van der Waals surface area contributed by atoms with E-state index in [1.807, 2.05) is 0 Å². The van der Waals surface area contributed by atoms with Gasteiger partial charge in [-0.1, -0.05) is 0 Å². The molecule has 0 fully saturated rings. The molecule has 0 aromatic heterocycles. The van der Waals surface area contributed by atoms with E-state index >= 15 is 0 Å². The Kier molecular flexibility index (Phi) is 9.25. The molecule has 0 atom stereocenters. The first-order valence-electron chi connectivity index (χ1n) is 1.43. The molecule has 0 bridgehead atoms. The van der Waals surface area contributed by atoms with Crippen LogP contribution < -0.4 is 0 Å². The van der Waals surface area contributed by atoms with Crippen LogP contribution in [-0.4, -0.2) is 50.4 Å². The summed E-state index contributed by atoms with van der Waals surface area (Å²) in [5, 5.41) is 13.3. The molecule has 0 unspecified atom stereocenters. The fraction of sp³-hybridized carbons (Fsp3) is 0. The molecule has 0 spiro atoms. The number of hydrogen-bond acceptors (Lipinski definition) is 4. The van der Waals surface area contributed by atoms with Crippen LogP contribution in [0.2, 0.25) is 0 Å². The number of rotatable bonds is 0. The van der Waals surface area contributed by atoms with Gasteiger partial charge in [-0.25, -0.2) is 9.59 Å². The van der Waals surface area contributed by atoms with E-state index in [9.17, 15) is 9.59 Å². The molecule has 0 amide bonds. The van der Waals surface area contributed by atoms with Crippen LogP contribution in [0.25, 0.3) is 0 Å². The monoisotopic (exact) mass is 178 g/mol. The van der Waals surface area contributed by atoms with E-state index < -0.39 is 10.6 Å². The Bertz CT molecular complexity index is 101. The van der Waals surface area contributed by atoms with Crippen LogP contribution in [-0.2, 0) is 0 Å². The molecule has 48 valence electrons. The summed E-state index contributed by atoms with van der Waals surface area (Å²) in [6, 6.07) is 0. The molecule has 0 aliphatic heterocycles. The molecule has 0 radical (unpaired) electrons. The van der Waals surface area contributed by atoms with Gasteiger partial charge in [-0.15, -0.1) is 0 Å². The zero-order valence-electron chi connectivity index (χ0n) is 3.53. The fourth-order valence-electron chi connectivity index (χ4n) is 0.0713. The van der Waals surface area contributed by atoms with Gasteiger partial charge in [0.2, 0.25) is 0 Å². The topological polar surface area (TPSA) is 74.6 Å². The Balaban J connectivity index is 0. The van der Waals surface area contributed by atoms with Gasteiger partial charge < -0.3 is 10.2 Å². The van der Waals surface area contributed by atoms with Gasteiger partial charge in [0.1, 0.15) is 0 Å². The first kappa shape index (κ1) is 12.3. The second kappa shape index (κ2) is 6.76. The molecule has 2 N–H and O–H groups in total. The van der Waals surface area contributed by atoms with Crippen molar-refractivity contribution in [2.45, 2.75) is 0 Å². The van der Waals surface area contributed by atoms with E-state index in [2.05, 4.69) is 0 Å². The Labute approximate surface area is 81.1 Å². The van der Waals surface area contributed by atoms with Gasteiger partial charge in [0.15, 0.2) is 0 Å². The molecular weight excluding hydrogens is 175 g/mol. The quantitative estimate of drug-likeness (QED) is 0.427. The summed E-state index contributed by atoms with van der Waals surface area (Å²) in [5.41, 5.74) is 0. The molecule has 4 nitrogen and oxygen atoms in total. The van der Waals surface area contributed by atoms with Gasteiger partial charge in [0, 0.05) is 21.6 Å². The SMILES string of the molecule is O=C(O)SSC(=O)O.[NaH]. The van der Waals surface area contributed by atoms with E-state index in [1.54, 1.807) is 0 Å². The molecule has 0 saturated heterocycles. The van der Waals surface area contributed by atoms with Crippen LogP contribution in [0.15, 0.2) is 0 Å². The number of carbonyl (C=O) groups is 2. The molecule has 0 rings (SSSR count). The number of hydrogen-bond donors (Lipinski definition) is 2. The second-order valence-corrected chi connectivity index (χ2v) is 2.73. The van der Waals surface area contributed by atoms with Crippen LogP contribution in [0.5, 0.6) is 0 Å². The first-order valence-corrected chi connectivity index (χ1v) is 3.58. The number of carboxylic acid groups (broad SMARTS) is 2. The van der Waals surface area contributed by atoms with Crippen LogP contribution in [0.3, 0.4) is 0 Å². The average molecular weight is 178 g/mol. The van der Waals surface area contributed by atoms with Crippen molar-refractivity contribution in [2.75, 3.05) is 0 Å². The van der Waals surface area contributed by atoms with Crippen LogP contribution in [0.1, 0.15) is 0 Å². The maximum absolute atomic E-state index is 9.58. The van der Waals surface area contributed by atoms with Crippen molar-refractivity contribution in [3.63, 3.8) is 0 Å². The van der Waals surface area contributed by atoms with Gasteiger partial charge in [-0.2, -0.15) is 0 Å². The molecule has 0 saturated carbocycles. The van der Waals surface area contributed by atoms with Gasteiger partial charge >= 0.3 is 40.2 Å². The molecule has 7 heteroatoms. The summed E-state index contributed by atoms with van der Waals surface area (Å²) >= 11 is 0. The van der Waals surface area contributed by atoms with Crippen molar-refractivity contribution in [1.29, 1.82) is 0 Å². The van der Waals surface area contributed by atoms with Crippen LogP contribution >= 0.6 is 21.6 Å². The third-order valence-corrected chi connectivity index (χ3v) is 1.66. The van der Waals surface area contributed by atoms with E-state index in [4.69, 9.17) is 10.2 Å². The maximum atomic E-state index is 9.58. The Morgan fingerprint density at radius 3 is 1.33 bits per heavy atom. The minimum atomic E-state index is -1.20. The third-order valence-electron chi connectivity index (χ3n) is 0.184. The van der Waals surface area contributed by atoms with Crippen LogP contribution in [0.4, 0.5) is 9.59 Å². The third kappa shape index (κ3) is 12.0. The van der Waals surface area contributed by atoms with Gasteiger partial charge in [0.05, 0.1) is 0 Å². The van der Waals surface area contributed by atoms with E-state index in [1.165, 1.54) is 0 Å². The zero-order valence-corrected chi connectivity index (χ0v) is 5.16. The summed E-state index contributed by atoms with van der Waals surface area (Å²) in [6.45, 7) is 0. The summed E-state index contributed by atoms with van der Waals surface area (Å²) in [4.78, 5) is 19.2. The summed E-state index contributed by atoms with van der Waals surface area (Å²) in [7, 11) is 0.546. The van der Waals surface area contributed by atoms with Gasteiger partial charge in [-0.3, -0.25) is 0 Å². The Morgan fingerprint density at radius 2 is 1.22 bits per heavy atom. The van der Waals surface area contributed by atoms with Crippen molar-refractivity contribution in [3.05, 3.63) is 0 Å². The minimum absolute atomic E-state index is 0. The Hall–Kier alpha value is 0.640. The summed E-state index contributed by atoms with van der Waals surface area (Å²) in [6.07, 6.45) is 0. The zero-order chi connectivity index (χ0) is 6.57. The molecule has 9 heavy (non-hydrogen) atoms. The van der Waals surface area contributed by atoms with Gasteiger partial charge in [0.25, 0.3) is 0 Å².